The van der Waals surface area contributed by atoms with Gasteiger partial charge in [-0.25, -0.2) is 4.39 Å². The molecule has 0 aliphatic carbocycles. The normalized spacial score (nSPS) is 21.8. The lowest BCUT2D eigenvalue weighted by Gasteiger charge is -2.44. The van der Waals surface area contributed by atoms with Crippen molar-refractivity contribution in [3.05, 3.63) is 59.9 Å². The number of piperidine rings is 1. The van der Waals surface area contributed by atoms with Gasteiger partial charge in [0.15, 0.2) is 0 Å². The van der Waals surface area contributed by atoms with Crippen LogP contribution in [0.1, 0.15) is 49.4 Å². The average Bonchev–Trinajstić information content (AvgIpc) is 3.16. The predicted molar refractivity (Wildman–Crippen MR) is 111 cm³/mol. The molecule has 0 aromatic heterocycles. The van der Waals surface area contributed by atoms with E-state index in [-0.39, 0.29) is 17.6 Å². The molecule has 2 aromatic carbocycles. The highest BCUT2D eigenvalue weighted by Crippen LogP contribution is 2.39. The van der Waals surface area contributed by atoms with Gasteiger partial charge in [-0.15, -0.1) is 0 Å². The second-order valence-corrected chi connectivity index (χ2v) is 8.08. The van der Waals surface area contributed by atoms with Crippen LogP contribution < -0.4 is 0 Å². The van der Waals surface area contributed by atoms with Gasteiger partial charge in [0, 0.05) is 25.2 Å². The molecule has 29 heavy (non-hydrogen) atoms. The maximum atomic E-state index is 13.5. The Morgan fingerprint density at radius 3 is 2.45 bits per heavy atom. The van der Waals surface area contributed by atoms with Gasteiger partial charge in [-0.2, -0.15) is 0 Å². The molecule has 4 nitrogen and oxygen atoms in total. The molecule has 2 amide bonds. The Labute approximate surface area is 171 Å². The number of amides is 2. The summed E-state index contributed by atoms with van der Waals surface area (Å²) < 4.78 is 13.5. The number of carbonyl (C=O) groups excluding carboxylic acids is 2. The van der Waals surface area contributed by atoms with Gasteiger partial charge in [0.25, 0.3) is 5.91 Å². The average molecular weight is 394 g/mol. The minimum atomic E-state index is -0.675. The quantitative estimate of drug-likeness (QED) is 0.766. The molecule has 2 aromatic rings. The van der Waals surface area contributed by atoms with Gasteiger partial charge < -0.3 is 9.80 Å². The van der Waals surface area contributed by atoms with Crippen molar-refractivity contribution in [2.75, 3.05) is 19.6 Å². The topological polar surface area (TPSA) is 40.6 Å². The van der Waals surface area contributed by atoms with E-state index in [4.69, 9.17) is 0 Å². The zero-order valence-electron chi connectivity index (χ0n) is 16.9. The molecule has 152 valence electrons. The molecule has 2 saturated heterocycles. The molecule has 2 heterocycles. The standard InChI is InChI=1S/C24H27FN2O2/c1-2-14-26-15-4-12-24(23(26)29)13-5-16-27(24)22(28)19-10-8-18(9-11-19)20-6-3-7-21(25)17-20/h3,6-11,17H,2,4-5,12-16H2,1H3. The molecular formula is C24H27FN2O2. The third-order valence-electron chi connectivity index (χ3n) is 6.22. The molecule has 4 rings (SSSR count). The Morgan fingerprint density at radius 1 is 1.03 bits per heavy atom. The summed E-state index contributed by atoms with van der Waals surface area (Å²) in [4.78, 5) is 30.3. The summed E-state index contributed by atoms with van der Waals surface area (Å²) in [6.07, 6.45) is 4.22. The van der Waals surface area contributed by atoms with Crippen LogP contribution in [0.3, 0.4) is 0 Å². The number of carbonyl (C=O) groups is 2. The monoisotopic (exact) mass is 394 g/mol. The van der Waals surface area contributed by atoms with E-state index in [1.807, 2.05) is 28.0 Å². The zero-order chi connectivity index (χ0) is 20.4. The Morgan fingerprint density at radius 2 is 1.76 bits per heavy atom. The van der Waals surface area contributed by atoms with Crippen molar-refractivity contribution in [1.29, 1.82) is 0 Å². The molecule has 5 heteroatoms. The van der Waals surface area contributed by atoms with Crippen LogP contribution in [-0.2, 0) is 4.79 Å². The molecule has 0 saturated carbocycles. The van der Waals surface area contributed by atoms with E-state index >= 15 is 0 Å². The van der Waals surface area contributed by atoms with Gasteiger partial charge in [-0.1, -0.05) is 31.2 Å². The largest absolute Gasteiger partial charge is 0.341 e. The van der Waals surface area contributed by atoms with Gasteiger partial charge >= 0.3 is 0 Å². The second-order valence-electron chi connectivity index (χ2n) is 8.08. The van der Waals surface area contributed by atoms with E-state index in [0.29, 0.717) is 12.1 Å². The number of hydrogen-bond donors (Lipinski definition) is 0. The predicted octanol–water partition coefficient (Wildman–Crippen LogP) is 4.50. The highest BCUT2D eigenvalue weighted by atomic mass is 19.1. The van der Waals surface area contributed by atoms with E-state index in [9.17, 15) is 14.0 Å². The molecule has 2 aliphatic rings. The summed E-state index contributed by atoms with van der Waals surface area (Å²) in [6.45, 7) is 4.24. The fourth-order valence-electron chi connectivity index (χ4n) is 4.83. The van der Waals surface area contributed by atoms with Gasteiger partial charge in [0.05, 0.1) is 0 Å². The van der Waals surface area contributed by atoms with Crippen LogP contribution >= 0.6 is 0 Å². The minimum absolute atomic E-state index is 0.0833. The van der Waals surface area contributed by atoms with Crippen LogP contribution in [-0.4, -0.2) is 46.8 Å². The summed E-state index contributed by atoms with van der Waals surface area (Å²) in [6, 6.07) is 13.7. The Kier molecular flexibility index (Phi) is 5.39. The van der Waals surface area contributed by atoms with Crippen molar-refractivity contribution < 1.29 is 14.0 Å². The third-order valence-corrected chi connectivity index (χ3v) is 6.22. The first-order chi connectivity index (χ1) is 14.0. The van der Waals surface area contributed by atoms with Crippen LogP contribution in [0.4, 0.5) is 4.39 Å². The molecular weight excluding hydrogens is 367 g/mol. The lowest BCUT2D eigenvalue weighted by molar-refractivity contribution is -0.145. The lowest BCUT2D eigenvalue weighted by Crippen LogP contribution is -2.61. The third kappa shape index (κ3) is 3.54. The zero-order valence-corrected chi connectivity index (χ0v) is 16.9. The molecule has 0 N–H and O–H groups in total. The molecule has 1 unspecified atom stereocenters. The molecule has 0 bridgehead atoms. The molecule has 2 fully saturated rings. The van der Waals surface area contributed by atoms with Crippen molar-refractivity contribution in [3.8, 4) is 11.1 Å². The summed E-state index contributed by atoms with van der Waals surface area (Å²) in [5.74, 6) is -0.248. The molecule has 1 spiro atoms. The highest BCUT2D eigenvalue weighted by molar-refractivity contribution is 6.00. The number of rotatable bonds is 4. The highest BCUT2D eigenvalue weighted by Gasteiger charge is 2.52. The molecule has 0 radical (unpaired) electrons. The number of likely N-dealkylation sites (tertiary alicyclic amines) is 2. The molecule has 2 aliphatic heterocycles. The summed E-state index contributed by atoms with van der Waals surface area (Å²) >= 11 is 0. The maximum Gasteiger partial charge on any atom is 0.254 e. The maximum absolute atomic E-state index is 13.5. The van der Waals surface area contributed by atoms with Crippen molar-refractivity contribution in [2.24, 2.45) is 0 Å². The smallest absolute Gasteiger partial charge is 0.254 e. The van der Waals surface area contributed by atoms with Crippen molar-refractivity contribution in [3.63, 3.8) is 0 Å². The van der Waals surface area contributed by atoms with E-state index in [1.165, 1.54) is 12.1 Å². The summed E-state index contributed by atoms with van der Waals surface area (Å²) in [7, 11) is 0. The Balaban J connectivity index is 1.58. The first kappa shape index (κ1) is 19.6. The molecule has 1 atom stereocenters. The van der Waals surface area contributed by atoms with Gasteiger partial charge in [-0.3, -0.25) is 9.59 Å². The van der Waals surface area contributed by atoms with Crippen molar-refractivity contribution in [2.45, 2.75) is 44.6 Å². The van der Waals surface area contributed by atoms with Crippen LogP contribution in [0.15, 0.2) is 48.5 Å². The van der Waals surface area contributed by atoms with Gasteiger partial charge in [-0.05, 0) is 67.5 Å². The number of hydrogen-bond acceptors (Lipinski definition) is 2. The summed E-state index contributed by atoms with van der Waals surface area (Å²) in [5.41, 5.74) is 1.54. The van der Waals surface area contributed by atoms with Gasteiger partial charge in [0.2, 0.25) is 5.91 Å². The van der Waals surface area contributed by atoms with Crippen molar-refractivity contribution in [1.82, 2.24) is 9.80 Å². The summed E-state index contributed by atoms with van der Waals surface area (Å²) in [5, 5.41) is 0. The lowest BCUT2D eigenvalue weighted by atomic mass is 9.85. The number of halogens is 1. The van der Waals surface area contributed by atoms with Crippen LogP contribution in [0.5, 0.6) is 0 Å². The van der Waals surface area contributed by atoms with Crippen LogP contribution in [0.2, 0.25) is 0 Å². The Hall–Kier alpha value is -2.69. The minimum Gasteiger partial charge on any atom is -0.341 e. The van der Waals surface area contributed by atoms with Gasteiger partial charge in [0.1, 0.15) is 11.4 Å². The van der Waals surface area contributed by atoms with Crippen LogP contribution in [0.25, 0.3) is 11.1 Å². The Bertz CT molecular complexity index is 909. The van der Waals surface area contributed by atoms with E-state index in [1.54, 1.807) is 18.2 Å². The van der Waals surface area contributed by atoms with E-state index in [2.05, 4.69) is 6.92 Å². The van der Waals surface area contributed by atoms with E-state index in [0.717, 1.165) is 56.3 Å². The first-order valence-electron chi connectivity index (χ1n) is 10.5. The first-order valence-corrected chi connectivity index (χ1v) is 10.5. The van der Waals surface area contributed by atoms with Crippen LogP contribution in [0, 0.1) is 5.82 Å². The fraction of sp³-hybridized carbons (Fsp3) is 0.417. The van der Waals surface area contributed by atoms with E-state index < -0.39 is 5.54 Å². The van der Waals surface area contributed by atoms with Crippen molar-refractivity contribution >= 4 is 11.8 Å². The number of nitrogens with zero attached hydrogens (tertiary/aromatic N) is 2. The SMILES string of the molecule is CCCN1CCCC2(CCCN2C(=O)c2ccc(-c3cccc(F)c3)cc2)C1=O. The fourth-order valence-corrected chi connectivity index (χ4v) is 4.83. The number of benzene rings is 2. The second kappa shape index (κ2) is 7.97.